The van der Waals surface area contributed by atoms with E-state index >= 15 is 0 Å². The predicted octanol–water partition coefficient (Wildman–Crippen LogP) is 5.38. The molecule has 0 aliphatic heterocycles. The van der Waals surface area contributed by atoms with Crippen molar-refractivity contribution in [3.8, 4) is 0 Å². The van der Waals surface area contributed by atoms with Crippen LogP contribution < -0.4 is 0 Å². The molecule has 0 saturated heterocycles. The van der Waals surface area contributed by atoms with Crippen molar-refractivity contribution in [3.63, 3.8) is 0 Å². The zero-order valence-electron chi connectivity index (χ0n) is 17.7. The van der Waals surface area contributed by atoms with E-state index < -0.39 is 0 Å². The second kappa shape index (κ2) is 11.1. The van der Waals surface area contributed by atoms with Crippen LogP contribution in [0, 0.1) is 17.3 Å². The SMILES string of the molecule is CC.CC(C)C(=O)N(C)CCC(C)(C)OCCC(C)(C)C(C)C. The second-order valence-electron chi connectivity index (χ2n) is 8.17. The van der Waals surface area contributed by atoms with E-state index in [1.54, 1.807) is 0 Å². The number of amides is 1. The minimum Gasteiger partial charge on any atom is -0.375 e. The number of nitrogens with zero attached hydrogens (tertiary/aromatic N) is 1. The Hall–Kier alpha value is -0.570. The lowest BCUT2D eigenvalue weighted by Crippen LogP contribution is -2.36. The lowest BCUT2D eigenvalue weighted by molar-refractivity contribution is -0.134. The maximum Gasteiger partial charge on any atom is 0.224 e. The Morgan fingerprint density at radius 3 is 1.87 bits per heavy atom. The van der Waals surface area contributed by atoms with Crippen molar-refractivity contribution in [3.05, 3.63) is 0 Å². The number of ether oxygens (including phenoxy) is 1. The third kappa shape index (κ3) is 10.8. The summed E-state index contributed by atoms with van der Waals surface area (Å²) in [6, 6.07) is 0. The van der Waals surface area contributed by atoms with Gasteiger partial charge >= 0.3 is 0 Å². The van der Waals surface area contributed by atoms with E-state index in [2.05, 4.69) is 41.5 Å². The molecule has 0 radical (unpaired) electrons. The smallest absolute Gasteiger partial charge is 0.224 e. The monoisotopic (exact) mass is 329 g/mol. The third-order valence-electron chi connectivity index (χ3n) is 4.72. The molecule has 1 amide bonds. The molecule has 0 aliphatic carbocycles. The lowest BCUT2D eigenvalue weighted by atomic mass is 9.78. The summed E-state index contributed by atoms with van der Waals surface area (Å²) in [7, 11) is 1.88. The van der Waals surface area contributed by atoms with Crippen molar-refractivity contribution in [1.82, 2.24) is 4.90 Å². The molecule has 0 aromatic heterocycles. The summed E-state index contributed by atoms with van der Waals surface area (Å²) in [4.78, 5) is 13.7. The van der Waals surface area contributed by atoms with Gasteiger partial charge in [0.1, 0.15) is 0 Å². The first-order valence-electron chi connectivity index (χ1n) is 9.28. The molecule has 0 N–H and O–H groups in total. The van der Waals surface area contributed by atoms with Gasteiger partial charge in [-0.1, -0.05) is 55.4 Å². The highest BCUT2D eigenvalue weighted by Gasteiger charge is 2.25. The fourth-order valence-electron chi connectivity index (χ4n) is 1.94. The Balaban J connectivity index is 0. The van der Waals surface area contributed by atoms with Crippen LogP contribution in [0.15, 0.2) is 0 Å². The van der Waals surface area contributed by atoms with Crippen LogP contribution >= 0.6 is 0 Å². The van der Waals surface area contributed by atoms with Crippen LogP contribution in [0.3, 0.4) is 0 Å². The molecule has 0 heterocycles. The van der Waals surface area contributed by atoms with Crippen molar-refractivity contribution in [2.75, 3.05) is 20.2 Å². The zero-order chi connectivity index (χ0) is 18.8. The Morgan fingerprint density at radius 2 is 1.48 bits per heavy atom. The van der Waals surface area contributed by atoms with Crippen molar-refractivity contribution < 1.29 is 9.53 Å². The molecule has 0 aromatic rings. The standard InChI is InChI=1S/C18H37NO2.C2H6/c1-14(2)16(20)19(9)12-10-18(7,8)21-13-11-17(5,6)15(3)4;1-2/h14-15H,10-13H2,1-9H3;1-2H3. The zero-order valence-corrected chi connectivity index (χ0v) is 17.7. The Labute approximate surface area is 146 Å². The van der Waals surface area contributed by atoms with Gasteiger partial charge in [-0.05, 0) is 38.0 Å². The van der Waals surface area contributed by atoms with Gasteiger partial charge in [0.2, 0.25) is 5.91 Å². The summed E-state index contributed by atoms with van der Waals surface area (Å²) in [5.74, 6) is 0.914. The highest BCUT2D eigenvalue weighted by atomic mass is 16.5. The molecule has 0 aliphatic rings. The summed E-state index contributed by atoms with van der Waals surface area (Å²) >= 11 is 0. The average molecular weight is 330 g/mol. The Morgan fingerprint density at radius 1 is 1.00 bits per heavy atom. The van der Waals surface area contributed by atoms with Crippen LogP contribution in [0.25, 0.3) is 0 Å². The van der Waals surface area contributed by atoms with E-state index in [0.717, 1.165) is 26.0 Å². The van der Waals surface area contributed by atoms with Crippen LogP contribution in [0.4, 0.5) is 0 Å². The molecule has 3 heteroatoms. The van der Waals surface area contributed by atoms with E-state index in [-0.39, 0.29) is 17.4 Å². The summed E-state index contributed by atoms with van der Waals surface area (Å²) in [5, 5.41) is 0. The summed E-state index contributed by atoms with van der Waals surface area (Å²) in [6.07, 6.45) is 1.93. The molecular formula is C20H43NO2. The Kier molecular flexibility index (Phi) is 11.9. The molecule has 0 fully saturated rings. The average Bonchev–Trinajstić information content (AvgIpc) is 2.45. The van der Waals surface area contributed by atoms with Gasteiger partial charge in [0.15, 0.2) is 0 Å². The molecule has 23 heavy (non-hydrogen) atoms. The number of carbonyl (C=O) groups is 1. The number of hydrogen-bond acceptors (Lipinski definition) is 2. The molecule has 0 bridgehead atoms. The molecule has 3 nitrogen and oxygen atoms in total. The molecule has 0 spiro atoms. The van der Waals surface area contributed by atoms with Crippen LogP contribution in [0.1, 0.15) is 82.1 Å². The van der Waals surface area contributed by atoms with Crippen molar-refractivity contribution in [2.45, 2.75) is 87.7 Å². The predicted molar refractivity (Wildman–Crippen MR) is 102 cm³/mol. The summed E-state index contributed by atoms with van der Waals surface area (Å²) in [5.41, 5.74) is 0.124. The van der Waals surface area contributed by atoms with Gasteiger partial charge in [0.05, 0.1) is 5.60 Å². The molecule has 0 aromatic carbocycles. The van der Waals surface area contributed by atoms with Gasteiger partial charge < -0.3 is 9.64 Å². The van der Waals surface area contributed by atoms with E-state index in [9.17, 15) is 4.79 Å². The highest BCUT2D eigenvalue weighted by molar-refractivity contribution is 5.77. The largest absolute Gasteiger partial charge is 0.375 e. The van der Waals surface area contributed by atoms with E-state index in [1.165, 1.54) is 0 Å². The first kappa shape index (κ1) is 24.7. The second-order valence-corrected chi connectivity index (χ2v) is 8.17. The van der Waals surface area contributed by atoms with E-state index in [4.69, 9.17) is 4.74 Å². The van der Waals surface area contributed by atoms with Crippen LogP contribution in [0.5, 0.6) is 0 Å². The minimum atomic E-state index is -0.182. The number of rotatable bonds is 9. The fourth-order valence-corrected chi connectivity index (χ4v) is 1.94. The quantitative estimate of drug-likeness (QED) is 0.568. The first-order chi connectivity index (χ1) is 10.4. The van der Waals surface area contributed by atoms with Crippen LogP contribution in [-0.2, 0) is 9.53 Å². The number of hydrogen-bond donors (Lipinski definition) is 0. The molecule has 0 atom stereocenters. The summed E-state index contributed by atoms with van der Waals surface area (Å²) in [6.45, 7) is 22.7. The van der Waals surface area contributed by atoms with Gasteiger partial charge in [0, 0.05) is 26.1 Å². The van der Waals surface area contributed by atoms with E-state index in [0.29, 0.717) is 11.3 Å². The molecular weight excluding hydrogens is 286 g/mol. The fraction of sp³-hybridized carbons (Fsp3) is 0.950. The van der Waals surface area contributed by atoms with Crippen LogP contribution in [0.2, 0.25) is 0 Å². The van der Waals surface area contributed by atoms with Gasteiger partial charge in [-0.15, -0.1) is 0 Å². The van der Waals surface area contributed by atoms with Gasteiger partial charge in [-0.2, -0.15) is 0 Å². The normalized spacial score (nSPS) is 12.2. The van der Waals surface area contributed by atoms with Crippen LogP contribution in [-0.4, -0.2) is 36.6 Å². The van der Waals surface area contributed by atoms with Gasteiger partial charge in [0.25, 0.3) is 0 Å². The molecule has 0 rings (SSSR count). The lowest BCUT2D eigenvalue weighted by Gasteiger charge is -2.33. The summed E-state index contributed by atoms with van der Waals surface area (Å²) < 4.78 is 6.07. The Bertz CT molecular complexity index is 320. The maximum absolute atomic E-state index is 11.9. The molecule has 140 valence electrons. The minimum absolute atomic E-state index is 0.0610. The molecule has 0 unspecified atom stereocenters. The van der Waals surface area contributed by atoms with E-state index in [1.807, 2.05) is 39.6 Å². The van der Waals surface area contributed by atoms with Crippen molar-refractivity contribution in [1.29, 1.82) is 0 Å². The van der Waals surface area contributed by atoms with Crippen molar-refractivity contribution >= 4 is 5.91 Å². The first-order valence-corrected chi connectivity index (χ1v) is 9.28. The van der Waals surface area contributed by atoms with Gasteiger partial charge in [-0.25, -0.2) is 0 Å². The third-order valence-corrected chi connectivity index (χ3v) is 4.72. The topological polar surface area (TPSA) is 29.5 Å². The molecule has 0 saturated carbocycles. The highest BCUT2D eigenvalue weighted by Crippen LogP contribution is 2.30. The van der Waals surface area contributed by atoms with Gasteiger partial charge in [-0.3, -0.25) is 4.79 Å². The number of carbonyl (C=O) groups excluding carboxylic acids is 1. The van der Waals surface area contributed by atoms with Crippen molar-refractivity contribution in [2.24, 2.45) is 17.3 Å². The maximum atomic E-state index is 11.9.